The Morgan fingerprint density at radius 1 is 1.39 bits per heavy atom. The molecule has 0 aromatic heterocycles. The number of amides is 1. The van der Waals surface area contributed by atoms with Crippen LogP contribution in [0.5, 0.6) is 0 Å². The molecule has 0 bridgehead atoms. The average Bonchev–Trinajstić information content (AvgIpc) is 2.20. The summed E-state index contributed by atoms with van der Waals surface area (Å²) in [6.45, 7) is 0. The van der Waals surface area contributed by atoms with Crippen LogP contribution in [0.1, 0.15) is 0 Å². The molecule has 0 fully saturated rings. The molecule has 0 radical (unpaired) electrons. The summed E-state index contributed by atoms with van der Waals surface area (Å²) in [5, 5.41) is 1.90. The number of benzene rings is 1. The summed E-state index contributed by atoms with van der Waals surface area (Å²) in [6, 6.07) is 3.67. The van der Waals surface area contributed by atoms with Crippen molar-refractivity contribution in [2.45, 2.75) is 6.43 Å². The quantitative estimate of drug-likeness (QED) is 0.891. The summed E-state index contributed by atoms with van der Waals surface area (Å²) in [5.74, 6) is -1.46. The van der Waals surface area contributed by atoms with E-state index >= 15 is 0 Å². The van der Waals surface area contributed by atoms with E-state index < -0.39 is 22.4 Å². The van der Waals surface area contributed by atoms with E-state index in [4.69, 9.17) is 11.6 Å². The maximum Gasteiger partial charge on any atom is 0.315 e. The van der Waals surface area contributed by atoms with Gasteiger partial charge in [0.05, 0.1) is 17.0 Å². The highest BCUT2D eigenvalue weighted by atomic mass is 35.5. The minimum Gasteiger partial charge on any atom is -0.321 e. The molecule has 0 aliphatic heterocycles. The van der Waals surface area contributed by atoms with Crippen LogP contribution in [-0.2, 0) is 14.8 Å². The molecule has 1 amide bonds. The van der Waals surface area contributed by atoms with Gasteiger partial charge in [0.25, 0.3) is 5.91 Å². The third-order valence-corrected chi connectivity index (χ3v) is 2.63. The van der Waals surface area contributed by atoms with Gasteiger partial charge in [-0.05, 0) is 18.2 Å². The van der Waals surface area contributed by atoms with Crippen molar-refractivity contribution in [1.29, 1.82) is 0 Å². The Morgan fingerprint density at radius 2 is 2.00 bits per heavy atom. The Kier molecular flexibility index (Phi) is 4.47. The molecule has 0 saturated heterocycles. The number of hydrogen-bond acceptors (Lipinski definition) is 3. The van der Waals surface area contributed by atoms with Crippen LogP contribution in [0.15, 0.2) is 18.2 Å². The zero-order valence-corrected chi connectivity index (χ0v) is 10.6. The van der Waals surface area contributed by atoms with Gasteiger partial charge in [-0.15, -0.1) is 0 Å². The third-order valence-electron chi connectivity index (χ3n) is 1.73. The van der Waals surface area contributed by atoms with Crippen LogP contribution in [-0.4, -0.2) is 27.0 Å². The minimum absolute atomic E-state index is 0.0208. The lowest BCUT2D eigenvalue weighted by Crippen LogP contribution is -2.20. The van der Waals surface area contributed by atoms with Gasteiger partial charge in [-0.3, -0.25) is 9.52 Å². The second kappa shape index (κ2) is 5.49. The average molecular weight is 299 g/mol. The monoisotopic (exact) mass is 298 g/mol. The van der Waals surface area contributed by atoms with Gasteiger partial charge in [-0.1, -0.05) is 11.6 Å². The van der Waals surface area contributed by atoms with Gasteiger partial charge < -0.3 is 5.32 Å². The number of hydrogen-bond donors (Lipinski definition) is 2. The maximum absolute atomic E-state index is 12.0. The van der Waals surface area contributed by atoms with E-state index in [9.17, 15) is 22.0 Å². The predicted molar refractivity (Wildman–Crippen MR) is 64.6 cm³/mol. The highest BCUT2D eigenvalue weighted by molar-refractivity contribution is 7.92. The van der Waals surface area contributed by atoms with E-state index in [2.05, 4.69) is 4.72 Å². The lowest BCUT2D eigenvalue weighted by Gasteiger charge is -2.09. The van der Waals surface area contributed by atoms with E-state index in [1.807, 2.05) is 5.32 Å². The largest absolute Gasteiger partial charge is 0.321 e. The molecule has 18 heavy (non-hydrogen) atoms. The molecule has 0 heterocycles. The van der Waals surface area contributed by atoms with Crippen LogP contribution in [0.3, 0.4) is 0 Å². The van der Waals surface area contributed by atoms with E-state index in [0.29, 0.717) is 0 Å². The van der Waals surface area contributed by atoms with Crippen molar-refractivity contribution in [3.63, 3.8) is 0 Å². The van der Waals surface area contributed by atoms with E-state index in [0.717, 1.165) is 12.3 Å². The molecule has 0 spiro atoms. The molecule has 1 rings (SSSR count). The van der Waals surface area contributed by atoms with Crippen molar-refractivity contribution in [2.24, 2.45) is 0 Å². The number of anilines is 2. The van der Waals surface area contributed by atoms with Gasteiger partial charge in [0.2, 0.25) is 10.0 Å². The van der Waals surface area contributed by atoms with Crippen LogP contribution in [0, 0.1) is 0 Å². The highest BCUT2D eigenvalue weighted by Gasteiger charge is 2.15. The van der Waals surface area contributed by atoms with E-state index in [-0.39, 0.29) is 16.4 Å². The summed E-state index contributed by atoms with van der Waals surface area (Å²) >= 11 is 5.73. The van der Waals surface area contributed by atoms with Crippen molar-refractivity contribution in [1.82, 2.24) is 0 Å². The number of sulfonamides is 1. The first kappa shape index (κ1) is 14.7. The Hall–Kier alpha value is -1.41. The topological polar surface area (TPSA) is 75.3 Å². The first-order chi connectivity index (χ1) is 8.19. The third kappa shape index (κ3) is 4.46. The molecule has 0 saturated carbocycles. The van der Waals surface area contributed by atoms with E-state index in [1.54, 1.807) is 0 Å². The highest BCUT2D eigenvalue weighted by Crippen LogP contribution is 2.26. The first-order valence-corrected chi connectivity index (χ1v) is 6.82. The van der Waals surface area contributed by atoms with Gasteiger partial charge >= 0.3 is 6.43 Å². The fourth-order valence-corrected chi connectivity index (χ4v) is 1.93. The smallest absolute Gasteiger partial charge is 0.315 e. The standard InChI is InChI=1S/C9H9ClF2N2O3S/c1-18(16,17)14-7-3-2-5(4-6(7)10)13-9(15)8(11)12/h2-4,8,14H,1H3,(H,13,15). The number of halogens is 3. The molecule has 0 unspecified atom stereocenters. The molecule has 0 aliphatic rings. The van der Waals surface area contributed by atoms with Gasteiger partial charge in [0.1, 0.15) is 0 Å². The van der Waals surface area contributed by atoms with Gasteiger partial charge in [-0.2, -0.15) is 8.78 Å². The Balaban J connectivity index is 2.89. The fourth-order valence-electron chi connectivity index (χ4n) is 1.07. The molecular formula is C9H9ClF2N2O3S. The second-order valence-electron chi connectivity index (χ2n) is 3.36. The Labute approximate surface area is 107 Å². The van der Waals surface area contributed by atoms with Crippen molar-refractivity contribution >= 4 is 38.9 Å². The lowest BCUT2D eigenvalue weighted by atomic mass is 10.3. The SMILES string of the molecule is CS(=O)(=O)Nc1ccc(NC(=O)C(F)F)cc1Cl. The van der Waals surface area contributed by atoms with E-state index in [1.165, 1.54) is 12.1 Å². The fraction of sp³-hybridized carbons (Fsp3) is 0.222. The molecule has 9 heteroatoms. The molecule has 0 aliphatic carbocycles. The van der Waals surface area contributed by atoms with Gasteiger partial charge in [0.15, 0.2) is 0 Å². The summed E-state index contributed by atoms with van der Waals surface area (Å²) < 4.78 is 48.0. The number of alkyl halides is 2. The normalized spacial score (nSPS) is 11.4. The van der Waals surface area contributed by atoms with Crippen molar-refractivity contribution in [3.05, 3.63) is 23.2 Å². The van der Waals surface area contributed by atoms with Crippen molar-refractivity contribution < 1.29 is 22.0 Å². The number of carbonyl (C=O) groups is 1. The molecule has 1 aromatic carbocycles. The number of rotatable bonds is 4. The predicted octanol–water partition coefficient (Wildman–Crippen LogP) is 1.92. The lowest BCUT2D eigenvalue weighted by molar-refractivity contribution is -0.126. The molecule has 0 atom stereocenters. The van der Waals surface area contributed by atoms with Crippen LogP contribution >= 0.6 is 11.6 Å². The van der Waals surface area contributed by atoms with Crippen LogP contribution in [0.25, 0.3) is 0 Å². The first-order valence-electron chi connectivity index (χ1n) is 4.55. The molecule has 2 N–H and O–H groups in total. The molecule has 100 valence electrons. The van der Waals surface area contributed by atoms with Crippen molar-refractivity contribution in [2.75, 3.05) is 16.3 Å². The van der Waals surface area contributed by atoms with Gasteiger partial charge in [-0.25, -0.2) is 8.42 Å². The molecule has 1 aromatic rings. The summed E-state index contributed by atoms with van der Waals surface area (Å²) in [6.07, 6.45) is -2.20. The summed E-state index contributed by atoms with van der Waals surface area (Å²) in [5.41, 5.74) is 0.138. The Bertz CT molecular complexity index is 563. The summed E-state index contributed by atoms with van der Waals surface area (Å²) in [7, 11) is -3.49. The molecular weight excluding hydrogens is 290 g/mol. The van der Waals surface area contributed by atoms with Crippen LogP contribution in [0.4, 0.5) is 20.2 Å². The maximum atomic E-state index is 12.0. The van der Waals surface area contributed by atoms with Gasteiger partial charge in [0, 0.05) is 5.69 Å². The zero-order valence-electron chi connectivity index (χ0n) is 9.08. The zero-order chi connectivity index (χ0) is 13.9. The van der Waals surface area contributed by atoms with Crippen LogP contribution in [0.2, 0.25) is 5.02 Å². The second-order valence-corrected chi connectivity index (χ2v) is 5.51. The van der Waals surface area contributed by atoms with Crippen LogP contribution < -0.4 is 10.0 Å². The molecule has 5 nitrogen and oxygen atoms in total. The minimum atomic E-state index is -3.49. The van der Waals surface area contributed by atoms with Crippen molar-refractivity contribution in [3.8, 4) is 0 Å². The number of carbonyl (C=O) groups excluding carboxylic acids is 1. The Morgan fingerprint density at radius 3 is 2.44 bits per heavy atom. The number of nitrogens with one attached hydrogen (secondary N) is 2. The summed E-state index contributed by atoms with van der Waals surface area (Å²) in [4.78, 5) is 10.7.